The Balaban J connectivity index is 2.38. The van der Waals surface area contributed by atoms with E-state index in [1.54, 1.807) is 6.92 Å². The molecule has 0 bridgehead atoms. The molecule has 0 aromatic heterocycles. The van der Waals surface area contributed by atoms with Crippen molar-refractivity contribution in [2.75, 3.05) is 4.90 Å². The van der Waals surface area contributed by atoms with Crippen LogP contribution in [-0.4, -0.2) is 18.2 Å². The van der Waals surface area contributed by atoms with Crippen molar-refractivity contribution in [3.63, 3.8) is 0 Å². The first kappa shape index (κ1) is 10.9. The lowest BCUT2D eigenvalue weighted by atomic mass is 10.1. The van der Waals surface area contributed by atoms with Crippen LogP contribution in [0, 0.1) is 0 Å². The summed E-state index contributed by atoms with van der Waals surface area (Å²) < 4.78 is 0. The van der Waals surface area contributed by atoms with Crippen molar-refractivity contribution in [3.8, 4) is 0 Å². The Bertz CT molecular complexity index is 440. The minimum atomic E-state index is 0.0781. The molecule has 1 aliphatic rings. The number of amides is 1. The van der Waals surface area contributed by atoms with Crippen molar-refractivity contribution < 1.29 is 9.59 Å². The SMILES string of the molecule is CC(=O)N1c2ccc(CC=O)cc2CC1C. The van der Waals surface area contributed by atoms with Gasteiger partial charge in [-0.25, -0.2) is 0 Å². The van der Waals surface area contributed by atoms with Gasteiger partial charge in [0.25, 0.3) is 0 Å². The smallest absolute Gasteiger partial charge is 0.224 e. The predicted octanol–water partition coefficient (Wildman–Crippen LogP) is 1.73. The molecule has 0 saturated heterocycles. The Morgan fingerprint density at radius 2 is 2.31 bits per heavy atom. The number of hydrogen-bond acceptors (Lipinski definition) is 2. The molecule has 1 atom stereocenters. The topological polar surface area (TPSA) is 37.4 Å². The maximum Gasteiger partial charge on any atom is 0.224 e. The molecular weight excluding hydrogens is 202 g/mol. The predicted molar refractivity (Wildman–Crippen MR) is 62.5 cm³/mol. The van der Waals surface area contributed by atoms with Crippen molar-refractivity contribution >= 4 is 17.9 Å². The quantitative estimate of drug-likeness (QED) is 0.707. The van der Waals surface area contributed by atoms with E-state index in [2.05, 4.69) is 0 Å². The molecule has 0 aliphatic carbocycles. The molecule has 1 amide bonds. The highest BCUT2D eigenvalue weighted by Crippen LogP contribution is 2.32. The molecule has 1 aliphatic heterocycles. The van der Waals surface area contributed by atoms with Crippen molar-refractivity contribution in [1.29, 1.82) is 0 Å². The van der Waals surface area contributed by atoms with Crippen molar-refractivity contribution in [1.82, 2.24) is 0 Å². The molecule has 1 heterocycles. The summed E-state index contributed by atoms with van der Waals surface area (Å²) >= 11 is 0. The van der Waals surface area contributed by atoms with Gasteiger partial charge in [-0.3, -0.25) is 4.79 Å². The minimum absolute atomic E-state index is 0.0781. The summed E-state index contributed by atoms with van der Waals surface area (Å²) in [7, 11) is 0. The first-order valence-corrected chi connectivity index (χ1v) is 5.48. The Hall–Kier alpha value is -1.64. The number of rotatable bonds is 2. The summed E-state index contributed by atoms with van der Waals surface area (Å²) in [5, 5.41) is 0. The molecule has 16 heavy (non-hydrogen) atoms. The second-order valence-corrected chi connectivity index (χ2v) is 4.28. The molecule has 3 nitrogen and oxygen atoms in total. The zero-order valence-corrected chi connectivity index (χ0v) is 9.56. The van der Waals surface area contributed by atoms with Crippen LogP contribution in [0.1, 0.15) is 25.0 Å². The lowest BCUT2D eigenvalue weighted by Gasteiger charge is -2.20. The summed E-state index contributed by atoms with van der Waals surface area (Å²) in [6.07, 6.45) is 2.23. The zero-order valence-electron chi connectivity index (χ0n) is 9.56. The highest BCUT2D eigenvalue weighted by Gasteiger charge is 2.28. The van der Waals surface area contributed by atoms with Crippen LogP contribution in [0.25, 0.3) is 0 Å². The van der Waals surface area contributed by atoms with Crippen LogP contribution in [0.5, 0.6) is 0 Å². The second kappa shape index (κ2) is 4.08. The molecule has 0 N–H and O–H groups in total. The lowest BCUT2D eigenvalue weighted by molar-refractivity contribution is -0.116. The Morgan fingerprint density at radius 3 is 2.94 bits per heavy atom. The van der Waals surface area contributed by atoms with Gasteiger partial charge in [0.05, 0.1) is 0 Å². The van der Waals surface area contributed by atoms with E-state index in [0.29, 0.717) is 6.42 Å². The normalized spacial score (nSPS) is 18.4. The van der Waals surface area contributed by atoms with Gasteiger partial charge < -0.3 is 9.69 Å². The van der Waals surface area contributed by atoms with Crippen LogP contribution in [0.3, 0.4) is 0 Å². The molecule has 0 fully saturated rings. The number of carbonyl (C=O) groups is 2. The first-order valence-electron chi connectivity index (χ1n) is 5.48. The van der Waals surface area contributed by atoms with Crippen molar-refractivity contribution in [2.24, 2.45) is 0 Å². The first-order chi connectivity index (χ1) is 7.63. The number of hydrogen-bond donors (Lipinski definition) is 0. The Kier molecular flexibility index (Phi) is 2.77. The monoisotopic (exact) mass is 217 g/mol. The van der Waals surface area contributed by atoms with Gasteiger partial charge in [0.2, 0.25) is 5.91 Å². The molecule has 2 rings (SSSR count). The average Bonchev–Trinajstić information content (AvgIpc) is 2.53. The van der Waals surface area contributed by atoms with Crippen LogP contribution in [0.4, 0.5) is 5.69 Å². The fraction of sp³-hybridized carbons (Fsp3) is 0.385. The molecule has 0 spiro atoms. The third kappa shape index (κ3) is 1.73. The van der Waals surface area contributed by atoms with Crippen molar-refractivity contribution in [2.45, 2.75) is 32.7 Å². The van der Waals surface area contributed by atoms with Crippen LogP contribution in [0.2, 0.25) is 0 Å². The van der Waals surface area contributed by atoms with Gasteiger partial charge in [0.15, 0.2) is 0 Å². The Labute approximate surface area is 95.1 Å². The van der Waals surface area contributed by atoms with E-state index in [-0.39, 0.29) is 11.9 Å². The molecule has 3 heteroatoms. The largest absolute Gasteiger partial charge is 0.309 e. The average molecular weight is 217 g/mol. The van der Waals surface area contributed by atoms with Gasteiger partial charge in [-0.15, -0.1) is 0 Å². The Morgan fingerprint density at radius 1 is 1.56 bits per heavy atom. The molecular formula is C13H15NO2. The zero-order chi connectivity index (χ0) is 11.7. The van der Waals surface area contributed by atoms with Gasteiger partial charge in [0, 0.05) is 25.1 Å². The number of fused-ring (bicyclic) bond motifs is 1. The van der Waals surface area contributed by atoms with Gasteiger partial charge in [-0.1, -0.05) is 12.1 Å². The van der Waals surface area contributed by atoms with Crippen LogP contribution < -0.4 is 4.90 Å². The highest BCUT2D eigenvalue weighted by molar-refractivity contribution is 5.94. The van der Waals surface area contributed by atoms with E-state index in [4.69, 9.17) is 0 Å². The maximum absolute atomic E-state index is 11.5. The summed E-state index contributed by atoms with van der Waals surface area (Å²) in [5.41, 5.74) is 3.18. The van der Waals surface area contributed by atoms with Gasteiger partial charge in [0.1, 0.15) is 6.29 Å². The van der Waals surface area contributed by atoms with Crippen molar-refractivity contribution in [3.05, 3.63) is 29.3 Å². The van der Waals surface area contributed by atoms with Gasteiger partial charge in [-0.2, -0.15) is 0 Å². The molecule has 84 valence electrons. The van der Waals surface area contributed by atoms with E-state index >= 15 is 0 Å². The molecule has 1 aromatic carbocycles. The number of nitrogens with zero attached hydrogens (tertiary/aromatic N) is 1. The fourth-order valence-corrected chi connectivity index (χ4v) is 2.39. The maximum atomic E-state index is 11.5. The number of anilines is 1. The summed E-state index contributed by atoms with van der Waals surface area (Å²) in [5.74, 6) is 0.0781. The molecule has 0 saturated carbocycles. The third-order valence-corrected chi connectivity index (χ3v) is 3.02. The summed E-state index contributed by atoms with van der Waals surface area (Å²) in [4.78, 5) is 23.8. The molecule has 1 unspecified atom stereocenters. The van der Waals surface area contributed by atoms with E-state index < -0.39 is 0 Å². The van der Waals surface area contributed by atoms with Crippen LogP contribution in [0.15, 0.2) is 18.2 Å². The summed E-state index contributed by atoms with van der Waals surface area (Å²) in [6, 6.07) is 6.11. The van der Waals surface area contributed by atoms with Crippen LogP contribution >= 0.6 is 0 Å². The van der Waals surface area contributed by atoms with Crippen LogP contribution in [-0.2, 0) is 22.4 Å². The lowest BCUT2D eigenvalue weighted by Crippen LogP contribution is -2.33. The number of benzene rings is 1. The number of carbonyl (C=O) groups excluding carboxylic acids is 2. The molecule has 1 aromatic rings. The fourth-order valence-electron chi connectivity index (χ4n) is 2.39. The van der Waals surface area contributed by atoms with E-state index in [0.717, 1.165) is 24.0 Å². The highest BCUT2D eigenvalue weighted by atomic mass is 16.2. The third-order valence-electron chi connectivity index (χ3n) is 3.02. The summed E-state index contributed by atoms with van der Waals surface area (Å²) in [6.45, 7) is 3.63. The molecule has 0 radical (unpaired) electrons. The van der Waals surface area contributed by atoms with Gasteiger partial charge >= 0.3 is 0 Å². The second-order valence-electron chi connectivity index (χ2n) is 4.28. The number of aldehydes is 1. The van der Waals surface area contributed by atoms with Gasteiger partial charge in [-0.05, 0) is 30.5 Å². The van der Waals surface area contributed by atoms with E-state index in [1.807, 2.05) is 30.0 Å². The van der Waals surface area contributed by atoms with E-state index in [1.165, 1.54) is 5.56 Å². The minimum Gasteiger partial charge on any atom is -0.309 e. The standard InChI is InChI=1S/C13H15NO2/c1-9-7-12-8-11(5-6-15)3-4-13(12)14(9)10(2)16/h3-4,6,8-9H,5,7H2,1-2H3. The van der Waals surface area contributed by atoms with E-state index in [9.17, 15) is 9.59 Å².